The van der Waals surface area contributed by atoms with Crippen molar-refractivity contribution in [3.63, 3.8) is 0 Å². The van der Waals surface area contributed by atoms with E-state index in [2.05, 4.69) is 10.6 Å². The van der Waals surface area contributed by atoms with Crippen LogP contribution in [0.15, 0.2) is 48.5 Å². The standard InChI is InChI=1S/C16H16N2O3/c1-2-11-7-3-4-8-12(11)17-15(20)16(21)18-13-9-5-6-10-14(13)19/h3-10,19H,2H2,1H3,(H,17,20)(H,18,21). The Hall–Kier alpha value is -2.82. The lowest BCUT2D eigenvalue weighted by Gasteiger charge is -2.10. The van der Waals surface area contributed by atoms with Gasteiger partial charge in [0.25, 0.3) is 0 Å². The van der Waals surface area contributed by atoms with E-state index in [1.807, 2.05) is 19.1 Å². The zero-order valence-electron chi connectivity index (χ0n) is 11.6. The predicted octanol–water partition coefficient (Wildman–Crippen LogP) is 2.53. The summed E-state index contributed by atoms with van der Waals surface area (Å²) in [6, 6.07) is 13.5. The van der Waals surface area contributed by atoms with Crippen LogP contribution in [0.3, 0.4) is 0 Å². The van der Waals surface area contributed by atoms with Crippen molar-refractivity contribution in [2.75, 3.05) is 10.6 Å². The molecule has 3 N–H and O–H groups in total. The maximum atomic E-state index is 11.9. The van der Waals surface area contributed by atoms with Crippen LogP contribution in [0.4, 0.5) is 11.4 Å². The van der Waals surface area contributed by atoms with Gasteiger partial charge in [-0.3, -0.25) is 9.59 Å². The number of benzene rings is 2. The SMILES string of the molecule is CCc1ccccc1NC(=O)C(=O)Nc1ccccc1O. The van der Waals surface area contributed by atoms with E-state index >= 15 is 0 Å². The van der Waals surface area contributed by atoms with Gasteiger partial charge in [0.1, 0.15) is 5.75 Å². The first-order valence-electron chi connectivity index (χ1n) is 6.60. The number of carbonyl (C=O) groups excluding carboxylic acids is 2. The van der Waals surface area contributed by atoms with Crippen LogP contribution in [0.25, 0.3) is 0 Å². The maximum absolute atomic E-state index is 11.9. The third kappa shape index (κ3) is 3.60. The highest BCUT2D eigenvalue weighted by Gasteiger charge is 2.16. The summed E-state index contributed by atoms with van der Waals surface area (Å²) in [6.45, 7) is 1.97. The topological polar surface area (TPSA) is 78.4 Å². The molecule has 0 saturated carbocycles. The van der Waals surface area contributed by atoms with Crippen LogP contribution in [-0.2, 0) is 16.0 Å². The van der Waals surface area contributed by atoms with E-state index in [1.54, 1.807) is 24.3 Å². The molecule has 5 heteroatoms. The summed E-state index contributed by atoms with van der Waals surface area (Å²) < 4.78 is 0. The Morgan fingerprint density at radius 1 is 0.905 bits per heavy atom. The minimum Gasteiger partial charge on any atom is -0.506 e. The number of hydrogen-bond acceptors (Lipinski definition) is 3. The van der Waals surface area contributed by atoms with Crippen molar-refractivity contribution in [3.8, 4) is 5.75 Å². The molecule has 2 aromatic rings. The average molecular weight is 284 g/mol. The molecule has 2 amide bonds. The summed E-state index contributed by atoms with van der Waals surface area (Å²) in [5.41, 5.74) is 1.75. The number of aryl methyl sites for hydroxylation is 1. The van der Waals surface area contributed by atoms with Crippen LogP contribution in [0.1, 0.15) is 12.5 Å². The predicted molar refractivity (Wildman–Crippen MR) is 81.2 cm³/mol. The molecule has 2 aromatic carbocycles. The second-order valence-corrected chi connectivity index (χ2v) is 4.44. The molecule has 0 aromatic heterocycles. The van der Waals surface area contributed by atoms with E-state index < -0.39 is 11.8 Å². The van der Waals surface area contributed by atoms with Gasteiger partial charge in [-0.05, 0) is 30.2 Å². The molecule has 0 radical (unpaired) electrons. The number of aromatic hydroxyl groups is 1. The third-order valence-corrected chi connectivity index (χ3v) is 3.00. The van der Waals surface area contributed by atoms with Crippen molar-refractivity contribution in [3.05, 3.63) is 54.1 Å². The molecule has 0 unspecified atom stereocenters. The van der Waals surface area contributed by atoms with Crippen molar-refractivity contribution < 1.29 is 14.7 Å². The molecule has 0 heterocycles. The van der Waals surface area contributed by atoms with E-state index in [-0.39, 0.29) is 11.4 Å². The normalized spacial score (nSPS) is 9.95. The number of phenols is 1. The van der Waals surface area contributed by atoms with Gasteiger partial charge in [0, 0.05) is 5.69 Å². The van der Waals surface area contributed by atoms with Gasteiger partial charge in [-0.25, -0.2) is 0 Å². The van der Waals surface area contributed by atoms with E-state index in [4.69, 9.17) is 0 Å². The average Bonchev–Trinajstić information content (AvgIpc) is 2.50. The van der Waals surface area contributed by atoms with Gasteiger partial charge in [0.2, 0.25) is 0 Å². The molecule has 0 saturated heterocycles. The molecular weight excluding hydrogens is 268 g/mol. The molecule has 0 fully saturated rings. The lowest BCUT2D eigenvalue weighted by Crippen LogP contribution is -2.29. The Kier molecular flexibility index (Phi) is 4.56. The molecule has 0 aliphatic heterocycles. The molecule has 0 aliphatic carbocycles. The van der Waals surface area contributed by atoms with Gasteiger partial charge in [0.05, 0.1) is 5.69 Å². The van der Waals surface area contributed by atoms with Crippen molar-refractivity contribution in [2.24, 2.45) is 0 Å². The number of para-hydroxylation sites is 3. The zero-order valence-corrected chi connectivity index (χ0v) is 11.6. The molecule has 0 atom stereocenters. The first-order chi connectivity index (χ1) is 10.1. The molecule has 0 bridgehead atoms. The maximum Gasteiger partial charge on any atom is 0.314 e. The van der Waals surface area contributed by atoms with Gasteiger partial charge in [0.15, 0.2) is 0 Å². The van der Waals surface area contributed by atoms with Gasteiger partial charge in [-0.15, -0.1) is 0 Å². The third-order valence-electron chi connectivity index (χ3n) is 3.00. The summed E-state index contributed by atoms with van der Waals surface area (Å²) in [7, 11) is 0. The lowest BCUT2D eigenvalue weighted by atomic mass is 10.1. The summed E-state index contributed by atoms with van der Waals surface area (Å²) in [5.74, 6) is -1.70. The highest BCUT2D eigenvalue weighted by atomic mass is 16.3. The number of nitrogens with one attached hydrogen (secondary N) is 2. The van der Waals surface area contributed by atoms with Crippen molar-refractivity contribution >= 4 is 23.2 Å². The highest BCUT2D eigenvalue weighted by Crippen LogP contribution is 2.21. The van der Waals surface area contributed by atoms with Crippen molar-refractivity contribution in [1.29, 1.82) is 0 Å². The van der Waals surface area contributed by atoms with Gasteiger partial charge < -0.3 is 15.7 Å². The van der Waals surface area contributed by atoms with E-state index in [9.17, 15) is 14.7 Å². The Morgan fingerprint density at radius 2 is 1.43 bits per heavy atom. The van der Waals surface area contributed by atoms with E-state index in [0.717, 1.165) is 12.0 Å². The fraction of sp³-hybridized carbons (Fsp3) is 0.125. The second kappa shape index (κ2) is 6.56. The van der Waals surface area contributed by atoms with Crippen LogP contribution < -0.4 is 10.6 Å². The minimum absolute atomic E-state index is 0.0902. The van der Waals surface area contributed by atoms with Crippen LogP contribution in [0.2, 0.25) is 0 Å². The van der Waals surface area contributed by atoms with Gasteiger partial charge in [-0.1, -0.05) is 37.3 Å². The molecule has 108 valence electrons. The monoisotopic (exact) mass is 284 g/mol. The molecular formula is C16H16N2O3. The summed E-state index contributed by atoms with van der Waals surface area (Å²) in [5, 5.41) is 14.5. The summed E-state index contributed by atoms with van der Waals surface area (Å²) in [6.07, 6.45) is 0.748. The number of hydrogen-bond donors (Lipinski definition) is 3. The van der Waals surface area contributed by atoms with Crippen molar-refractivity contribution in [1.82, 2.24) is 0 Å². The fourth-order valence-corrected chi connectivity index (χ4v) is 1.89. The first-order valence-corrected chi connectivity index (χ1v) is 6.60. The zero-order chi connectivity index (χ0) is 15.2. The smallest absolute Gasteiger partial charge is 0.314 e. The van der Waals surface area contributed by atoms with E-state index in [0.29, 0.717) is 5.69 Å². The van der Waals surface area contributed by atoms with Crippen LogP contribution in [0.5, 0.6) is 5.75 Å². The van der Waals surface area contributed by atoms with Crippen molar-refractivity contribution in [2.45, 2.75) is 13.3 Å². The molecule has 0 spiro atoms. The Balaban J connectivity index is 2.07. The molecule has 21 heavy (non-hydrogen) atoms. The number of phenolic OH excluding ortho intramolecular Hbond substituents is 1. The number of amides is 2. The summed E-state index contributed by atoms with van der Waals surface area (Å²) >= 11 is 0. The Labute approximate surface area is 122 Å². The van der Waals surface area contributed by atoms with Gasteiger partial charge >= 0.3 is 11.8 Å². The van der Waals surface area contributed by atoms with Gasteiger partial charge in [-0.2, -0.15) is 0 Å². The van der Waals surface area contributed by atoms with E-state index in [1.165, 1.54) is 12.1 Å². The number of rotatable bonds is 3. The Bertz CT molecular complexity index is 668. The van der Waals surface area contributed by atoms with Crippen LogP contribution >= 0.6 is 0 Å². The second-order valence-electron chi connectivity index (χ2n) is 4.44. The highest BCUT2D eigenvalue weighted by molar-refractivity contribution is 6.43. The van der Waals surface area contributed by atoms with Crippen LogP contribution in [0, 0.1) is 0 Å². The molecule has 0 aliphatic rings. The summed E-state index contributed by atoms with van der Waals surface area (Å²) in [4.78, 5) is 23.7. The fourth-order valence-electron chi connectivity index (χ4n) is 1.89. The first kappa shape index (κ1) is 14.6. The quantitative estimate of drug-likeness (QED) is 0.598. The minimum atomic E-state index is -0.831. The molecule has 5 nitrogen and oxygen atoms in total. The number of anilines is 2. The molecule has 2 rings (SSSR count). The number of carbonyl (C=O) groups is 2. The Morgan fingerprint density at radius 3 is 2.05 bits per heavy atom. The van der Waals surface area contributed by atoms with Crippen LogP contribution in [-0.4, -0.2) is 16.9 Å². The lowest BCUT2D eigenvalue weighted by molar-refractivity contribution is -0.133. The largest absolute Gasteiger partial charge is 0.506 e.